The van der Waals surface area contributed by atoms with Gasteiger partial charge in [-0.1, -0.05) is 24.3 Å². The number of carboxylic acid groups (broad SMARTS) is 2. The fourth-order valence-corrected chi connectivity index (χ4v) is 4.54. The summed E-state index contributed by atoms with van der Waals surface area (Å²) in [5, 5.41) is 13.8. The van der Waals surface area contributed by atoms with E-state index in [1.807, 2.05) is 6.07 Å². The molecule has 2 N–H and O–H groups in total. The van der Waals surface area contributed by atoms with Crippen LogP contribution in [0.5, 0.6) is 0 Å². The maximum Gasteiger partial charge on any atom is 0.290 e. The quantitative estimate of drug-likeness (QED) is 0.678. The van der Waals surface area contributed by atoms with E-state index in [-0.39, 0.29) is 12.9 Å². The van der Waals surface area contributed by atoms with Crippen molar-refractivity contribution < 1.29 is 24.2 Å². The highest BCUT2D eigenvalue weighted by molar-refractivity contribution is 5.33. The Morgan fingerprint density at radius 3 is 2.28 bits per heavy atom. The molecule has 1 aromatic carbocycles. The van der Waals surface area contributed by atoms with Crippen molar-refractivity contribution in [1.29, 1.82) is 0 Å². The lowest BCUT2D eigenvalue weighted by molar-refractivity contribution is -0.123. The summed E-state index contributed by atoms with van der Waals surface area (Å²) >= 11 is 0. The molecule has 3 heterocycles. The summed E-state index contributed by atoms with van der Waals surface area (Å²) in [4.78, 5) is 24.4. The van der Waals surface area contributed by atoms with Crippen molar-refractivity contribution in [1.82, 2.24) is 14.7 Å². The summed E-state index contributed by atoms with van der Waals surface area (Å²) in [6.07, 6.45) is 5.46. The van der Waals surface area contributed by atoms with Gasteiger partial charge in [-0.3, -0.25) is 19.4 Å². The average Bonchev–Trinajstić information content (AvgIpc) is 3.29. The van der Waals surface area contributed by atoms with Crippen molar-refractivity contribution in [2.24, 2.45) is 0 Å². The number of hydrogen-bond donors (Lipinski definition) is 2. The van der Waals surface area contributed by atoms with Gasteiger partial charge in [0, 0.05) is 38.3 Å². The predicted molar refractivity (Wildman–Crippen MR) is 122 cm³/mol. The molecule has 0 saturated carbocycles. The molecule has 1 unspecified atom stereocenters. The monoisotopic (exact) mass is 445 g/mol. The first-order valence-electron chi connectivity index (χ1n) is 10.9. The zero-order chi connectivity index (χ0) is 23.3. The number of nitrogens with zero attached hydrogens (tertiary/aromatic N) is 3. The Hall–Kier alpha value is -2.68. The first-order chi connectivity index (χ1) is 15.5. The number of furan rings is 1. The van der Waals surface area contributed by atoms with Gasteiger partial charge in [0.1, 0.15) is 5.76 Å². The lowest BCUT2D eigenvalue weighted by Crippen LogP contribution is -2.49. The van der Waals surface area contributed by atoms with Crippen molar-refractivity contribution in [3.63, 3.8) is 0 Å². The molecule has 1 fully saturated rings. The van der Waals surface area contributed by atoms with Crippen molar-refractivity contribution in [3.8, 4) is 0 Å². The maximum atomic E-state index is 8.36. The third kappa shape index (κ3) is 7.78. The van der Waals surface area contributed by atoms with Gasteiger partial charge in [0.2, 0.25) is 0 Å². The van der Waals surface area contributed by atoms with E-state index in [2.05, 4.69) is 59.1 Å². The number of fused-ring (bicyclic) bond motifs is 1. The van der Waals surface area contributed by atoms with Crippen molar-refractivity contribution in [2.75, 3.05) is 33.7 Å². The van der Waals surface area contributed by atoms with Crippen LogP contribution >= 0.6 is 0 Å². The van der Waals surface area contributed by atoms with E-state index >= 15 is 0 Å². The summed E-state index contributed by atoms with van der Waals surface area (Å²) in [5.74, 6) is 1.08. The van der Waals surface area contributed by atoms with E-state index in [0.29, 0.717) is 12.1 Å². The summed E-state index contributed by atoms with van der Waals surface area (Å²) < 4.78 is 5.49. The maximum absolute atomic E-state index is 8.36. The third-order valence-electron chi connectivity index (χ3n) is 6.26. The molecule has 8 nitrogen and oxygen atoms in total. The molecule has 1 aromatic heterocycles. The molecule has 0 aliphatic carbocycles. The SMILES string of the molecule is CN1Cc2ccccc2CC1CN(C)C1CCN(Cc2ccco2)CC1.O=CO.O=CO. The molecule has 0 radical (unpaired) electrons. The van der Waals surface area contributed by atoms with Crippen molar-refractivity contribution >= 4 is 12.9 Å². The molecule has 2 aliphatic heterocycles. The Morgan fingerprint density at radius 1 is 1.06 bits per heavy atom. The van der Waals surface area contributed by atoms with Crippen LogP contribution in [0.25, 0.3) is 0 Å². The van der Waals surface area contributed by atoms with Crippen LogP contribution in [0.2, 0.25) is 0 Å². The minimum Gasteiger partial charge on any atom is -0.483 e. The van der Waals surface area contributed by atoms with Gasteiger partial charge in [0.05, 0.1) is 12.8 Å². The number of likely N-dealkylation sites (N-methyl/N-ethyl adjacent to an activating group) is 2. The number of benzene rings is 1. The van der Waals surface area contributed by atoms with E-state index in [1.54, 1.807) is 6.26 Å². The Labute approximate surface area is 190 Å². The number of hydrogen-bond acceptors (Lipinski definition) is 6. The van der Waals surface area contributed by atoms with Gasteiger partial charge in [-0.15, -0.1) is 0 Å². The Balaban J connectivity index is 0.000000547. The van der Waals surface area contributed by atoms with Crippen LogP contribution in [-0.4, -0.2) is 83.7 Å². The Kier molecular flexibility index (Phi) is 10.9. The van der Waals surface area contributed by atoms with E-state index in [4.69, 9.17) is 24.2 Å². The zero-order valence-corrected chi connectivity index (χ0v) is 19.0. The normalized spacial score (nSPS) is 19.2. The first-order valence-corrected chi connectivity index (χ1v) is 10.9. The Morgan fingerprint density at radius 2 is 1.69 bits per heavy atom. The molecule has 176 valence electrons. The second kappa shape index (κ2) is 13.7. The highest BCUT2D eigenvalue weighted by Crippen LogP contribution is 2.24. The van der Waals surface area contributed by atoms with Crippen LogP contribution in [0.15, 0.2) is 47.1 Å². The molecule has 8 heteroatoms. The van der Waals surface area contributed by atoms with Gasteiger partial charge in [-0.25, -0.2) is 0 Å². The number of carbonyl (C=O) groups is 2. The molecule has 0 spiro atoms. The van der Waals surface area contributed by atoms with Crippen LogP contribution in [0.1, 0.15) is 29.7 Å². The molecule has 2 aromatic rings. The molecule has 32 heavy (non-hydrogen) atoms. The second-order valence-electron chi connectivity index (χ2n) is 8.28. The van der Waals surface area contributed by atoms with Crippen molar-refractivity contribution in [3.05, 3.63) is 59.5 Å². The summed E-state index contributed by atoms with van der Waals surface area (Å²) in [5.41, 5.74) is 3.04. The second-order valence-corrected chi connectivity index (χ2v) is 8.28. The summed E-state index contributed by atoms with van der Waals surface area (Å²) in [6.45, 7) is 5.02. The summed E-state index contributed by atoms with van der Waals surface area (Å²) in [7, 11) is 4.60. The average molecular weight is 446 g/mol. The van der Waals surface area contributed by atoms with Crippen LogP contribution in [0.3, 0.4) is 0 Å². The van der Waals surface area contributed by atoms with Gasteiger partial charge in [0.15, 0.2) is 0 Å². The molecule has 1 saturated heterocycles. The minimum absolute atomic E-state index is 0.250. The van der Waals surface area contributed by atoms with Gasteiger partial charge in [-0.2, -0.15) is 0 Å². The fraction of sp³-hybridized carbons (Fsp3) is 0.500. The smallest absolute Gasteiger partial charge is 0.290 e. The van der Waals surface area contributed by atoms with Gasteiger partial charge in [0.25, 0.3) is 12.9 Å². The predicted octanol–water partition coefficient (Wildman–Crippen LogP) is 2.63. The van der Waals surface area contributed by atoms with Crippen LogP contribution < -0.4 is 0 Å². The highest BCUT2D eigenvalue weighted by Gasteiger charge is 2.28. The van der Waals surface area contributed by atoms with Gasteiger partial charge >= 0.3 is 0 Å². The third-order valence-corrected chi connectivity index (χ3v) is 6.26. The molecular weight excluding hydrogens is 410 g/mol. The number of piperidine rings is 1. The van der Waals surface area contributed by atoms with Crippen LogP contribution in [-0.2, 0) is 29.1 Å². The van der Waals surface area contributed by atoms with Crippen molar-refractivity contribution in [2.45, 2.75) is 44.4 Å². The van der Waals surface area contributed by atoms with E-state index in [0.717, 1.165) is 25.4 Å². The Bertz CT molecular complexity index is 785. The van der Waals surface area contributed by atoms with Gasteiger partial charge < -0.3 is 19.5 Å². The fourth-order valence-electron chi connectivity index (χ4n) is 4.54. The lowest BCUT2D eigenvalue weighted by atomic mass is 9.93. The molecular formula is C24H35N3O5. The zero-order valence-electron chi connectivity index (χ0n) is 19.0. The molecule has 1 atom stereocenters. The molecule has 2 aliphatic rings. The molecule has 4 rings (SSSR count). The van der Waals surface area contributed by atoms with Crippen LogP contribution in [0.4, 0.5) is 0 Å². The summed E-state index contributed by atoms with van der Waals surface area (Å²) in [6, 6.07) is 14.3. The van der Waals surface area contributed by atoms with Crippen LogP contribution in [0, 0.1) is 0 Å². The van der Waals surface area contributed by atoms with E-state index < -0.39 is 0 Å². The number of rotatable bonds is 5. The topological polar surface area (TPSA) is 97.5 Å². The first kappa shape index (κ1) is 25.6. The lowest BCUT2D eigenvalue weighted by Gasteiger charge is -2.41. The minimum atomic E-state index is -0.250. The molecule has 0 bridgehead atoms. The standard InChI is InChI=1S/C22H31N3O.2CH2O2/c1-23-15-19-7-4-3-6-18(19)14-21(23)16-24(2)20-9-11-25(12-10-20)17-22-8-5-13-26-22;2*2-1-3/h3-8,13,20-21H,9-12,14-17H2,1-2H3;2*1H,(H,2,3). The van der Waals surface area contributed by atoms with E-state index in [9.17, 15) is 0 Å². The van der Waals surface area contributed by atoms with Gasteiger partial charge in [-0.05, 0) is 56.6 Å². The molecule has 0 amide bonds. The number of likely N-dealkylation sites (tertiary alicyclic amines) is 1. The largest absolute Gasteiger partial charge is 0.483 e. The highest BCUT2D eigenvalue weighted by atomic mass is 16.3. The van der Waals surface area contributed by atoms with E-state index in [1.165, 1.54) is 43.5 Å².